The molecule has 0 bridgehead atoms. The maximum absolute atomic E-state index is 5.10. The summed E-state index contributed by atoms with van der Waals surface area (Å²) in [6.07, 6.45) is 5.10. The Morgan fingerprint density at radius 3 is 2.70 bits per heavy atom. The third kappa shape index (κ3) is 2.40. The molecule has 0 saturated heterocycles. The van der Waals surface area contributed by atoms with Gasteiger partial charge in [-0.2, -0.15) is 0 Å². The lowest BCUT2D eigenvalue weighted by atomic mass is 10.6. The minimum atomic E-state index is 0.577. The highest BCUT2D eigenvalue weighted by Gasteiger charge is 1.98. The average Bonchev–Trinajstić information content (AvgIpc) is 1.91. The van der Waals surface area contributed by atoms with Gasteiger partial charge < -0.3 is 10.2 Å². The highest BCUT2D eigenvalue weighted by Crippen LogP contribution is 1.80. The highest BCUT2D eigenvalue weighted by atomic mass is 15.3. The zero-order valence-electron chi connectivity index (χ0n) is 6.68. The lowest BCUT2D eigenvalue weighted by Gasteiger charge is -2.16. The van der Waals surface area contributed by atoms with Crippen LogP contribution in [0, 0.1) is 12.3 Å². The van der Waals surface area contributed by atoms with Gasteiger partial charge in [-0.15, -0.1) is 6.42 Å². The van der Waals surface area contributed by atoms with Crippen molar-refractivity contribution in [3.8, 4) is 12.3 Å². The van der Waals surface area contributed by atoms with Gasteiger partial charge in [-0.05, 0) is 0 Å². The van der Waals surface area contributed by atoms with Crippen LogP contribution in [-0.4, -0.2) is 38.5 Å². The maximum atomic E-state index is 5.10. The van der Waals surface area contributed by atoms with E-state index in [1.807, 2.05) is 19.0 Å². The molecule has 0 fully saturated rings. The van der Waals surface area contributed by atoms with E-state index in [-0.39, 0.29) is 0 Å². The van der Waals surface area contributed by atoms with Crippen LogP contribution in [0.15, 0.2) is 4.99 Å². The molecular formula is C7H13N3. The van der Waals surface area contributed by atoms with Gasteiger partial charge in [0.1, 0.15) is 0 Å². The van der Waals surface area contributed by atoms with Crippen molar-refractivity contribution in [3.63, 3.8) is 0 Å². The molecule has 0 amide bonds. The number of nitrogens with one attached hydrogen (secondary N) is 1. The Labute approximate surface area is 62.1 Å². The average molecular weight is 139 g/mol. The topological polar surface area (TPSA) is 27.6 Å². The molecule has 0 aliphatic heterocycles. The van der Waals surface area contributed by atoms with Gasteiger partial charge in [-0.25, -0.2) is 0 Å². The Balaban J connectivity index is 3.93. The van der Waals surface area contributed by atoms with Crippen LogP contribution in [0.1, 0.15) is 0 Å². The molecule has 0 heterocycles. The van der Waals surface area contributed by atoms with E-state index >= 15 is 0 Å². The molecule has 0 rings (SSSR count). The summed E-state index contributed by atoms with van der Waals surface area (Å²) < 4.78 is 0. The number of rotatable bonds is 1. The molecule has 0 aromatic heterocycles. The summed E-state index contributed by atoms with van der Waals surface area (Å²) in [5, 5.41) is 2.92. The normalized spacial score (nSPS) is 10.4. The molecule has 3 nitrogen and oxygen atoms in total. The molecule has 56 valence electrons. The van der Waals surface area contributed by atoms with Crippen LogP contribution in [0.3, 0.4) is 0 Å². The van der Waals surface area contributed by atoms with Gasteiger partial charge in [0, 0.05) is 21.1 Å². The van der Waals surface area contributed by atoms with Gasteiger partial charge in [0.25, 0.3) is 0 Å². The van der Waals surface area contributed by atoms with Crippen molar-refractivity contribution >= 4 is 5.96 Å². The van der Waals surface area contributed by atoms with Crippen molar-refractivity contribution in [2.45, 2.75) is 0 Å². The SMILES string of the molecule is C#CCN(C)C(=NC)NC. The van der Waals surface area contributed by atoms with Gasteiger partial charge in [0.05, 0.1) is 6.54 Å². The fraction of sp³-hybridized carbons (Fsp3) is 0.571. The molecule has 3 heteroatoms. The first-order chi connectivity index (χ1) is 4.76. The van der Waals surface area contributed by atoms with E-state index < -0.39 is 0 Å². The van der Waals surface area contributed by atoms with Crippen LogP contribution >= 0.6 is 0 Å². The van der Waals surface area contributed by atoms with Crippen LogP contribution in [0.5, 0.6) is 0 Å². The van der Waals surface area contributed by atoms with Gasteiger partial charge in [-0.3, -0.25) is 4.99 Å². The fourth-order valence-electron chi connectivity index (χ4n) is 0.685. The molecule has 0 saturated carbocycles. The molecule has 0 unspecified atom stereocenters. The molecule has 10 heavy (non-hydrogen) atoms. The summed E-state index contributed by atoms with van der Waals surface area (Å²) >= 11 is 0. The molecule has 0 aliphatic rings. The Morgan fingerprint density at radius 2 is 2.40 bits per heavy atom. The summed E-state index contributed by atoms with van der Waals surface area (Å²) in [4.78, 5) is 5.82. The molecule has 0 aromatic rings. The minimum Gasteiger partial charge on any atom is -0.359 e. The predicted molar refractivity (Wildman–Crippen MR) is 43.9 cm³/mol. The van der Waals surface area contributed by atoms with E-state index in [0.717, 1.165) is 5.96 Å². The largest absolute Gasteiger partial charge is 0.359 e. The highest BCUT2D eigenvalue weighted by molar-refractivity contribution is 5.79. The van der Waals surface area contributed by atoms with Crippen molar-refractivity contribution in [2.75, 3.05) is 27.7 Å². The number of guanidine groups is 1. The third-order valence-electron chi connectivity index (χ3n) is 1.13. The van der Waals surface area contributed by atoms with Crippen molar-refractivity contribution in [1.82, 2.24) is 10.2 Å². The lowest BCUT2D eigenvalue weighted by molar-refractivity contribution is 0.551. The summed E-state index contributed by atoms with van der Waals surface area (Å²) in [7, 11) is 5.42. The number of hydrogen-bond donors (Lipinski definition) is 1. The third-order valence-corrected chi connectivity index (χ3v) is 1.13. The zero-order valence-corrected chi connectivity index (χ0v) is 6.68. The van der Waals surface area contributed by atoms with Crippen LogP contribution in [0.25, 0.3) is 0 Å². The Morgan fingerprint density at radius 1 is 1.80 bits per heavy atom. The van der Waals surface area contributed by atoms with Crippen LogP contribution in [0.4, 0.5) is 0 Å². The van der Waals surface area contributed by atoms with E-state index in [2.05, 4.69) is 16.2 Å². The van der Waals surface area contributed by atoms with Crippen molar-refractivity contribution in [1.29, 1.82) is 0 Å². The monoisotopic (exact) mass is 139 g/mol. The predicted octanol–water partition coefficient (Wildman–Crippen LogP) is -0.243. The second kappa shape index (κ2) is 4.68. The summed E-state index contributed by atoms with van der Waals surface area (Å²) in [5.74, 6) is 3.33. The van der Waals surface area contributed by atoms with E-state index in [1.165, 1.54) is 0 Å². The van der Waals surface area contributed by atoms with Crippen LogP contribution < -0.4 is 5.32 Å². The second-order valence-electron chi connectivity index (χ2n) is 1.86. The number of aliphatic imine (C=N–C) groups is 1. The number of nitrogens with zero attached hydrogens (tertiary/aromatic N) is 2. The summed E-state index contributed by atoms with van der Waals surface area (Å²) in [6.45, 7) is 0.577. The van der Waals surface area contributed by atoms with Gasteiger partial charge >= 0.3 is 0 Å². The van der Waals surface area contributed by atoms with E-state index in [9.17, 15) is 0 Å². The standard InChI is InChI=1S/C7H13N3/c1-5-6-10(4)7(8-2)9-3/h1H,6H2,2-4H3,(H,8,9). The Bertz CT molecular complexity index is 155. The first kappa shape index (κ1) is 8.83. The summed E-state index contributed by atoms with van der Waals surface area (Å²) in [5.41, 5.74) is 0. The molecule has 0 spiro atoms. The van der Waals surface area contributed by atoms with Crippen molar-refractivity contribution in [3.05, 3.63) is 0 Å². The van der Waals surface area contributed by atoms with E-state index in [1.54, 1.807) is 7.05 Å². The van der Waals surface area contributed by atoms with Crippen molar-refractivity contribution < 1.29 is 0 Å². The van der Waals surface area contributed by atoms with Crippen LogP contribution in [0.2, 0.25) is 0 Å². The molecule has 0 radical (unpaired) electrons. The first-order valence-electron chi connectivity index (χ1n) is 3.05. The second-order valence-corrected chi connectivity index (χ2v) is 1.86. The smallest absolute Gasteiger partial charge is 0.193 e. The van der Waals surface area contributed by atoms with Gasteiger partial charge in [0.2, 0.25) is 0 Å². The molecule has 0 atom stereocenters. The fourth-order valence-corrected chi connectivity index (χ4v) is 0.685. The van der Waals surface area contributed by atoms with Gasteiger partial charge in [-0.1, -0.05) is 5.92 Å². The maximum Gasteiger partial charge on any atom is 0.193 e. The summed E-state index contributed by atoms with van der Waals surface area (Å²) in [6, 6.07) is 0. The molecular weight excluding hydrogens is 126 g/mol. The Hall–Kier alpha value is -1.17. The van der Waals surface area contributed by atoms with Crippen LogP contribution in [-0.2, 0) is 0 Å². The van der Waals surface area contributed by atoms with Gasteiger partial charge in [0.15, 0.2) is 5.96 Å². The molecule has 1 N–H and O–H groups in total. The quantitative estimate of drug-likeness (QED) is 0.308. The lowest BCUT2D eigenvalue weighted by Crippen LogP contribution is -2.36. The molecule has 0 aliphatic carbocycles. The minimum absolute atomic E-state index is 0.577. The zero-order chi connectivity index (χ0) is 7.98. The number of hydrogen-bond acceptors (Lipinski definition) is 1. The number of terminal acetylenes is 1. The van der Waals surface area contributed by atoms with E-state index in [0.29, 0.717) is 6.54 Å². The Kier molecular flexibility index (Phi) is 4.14. The molecule has 0 aromatic carbocycles. The van der Waals surface area contributed by atoms with Crippen molar-refractivity contribution in [2.24, 2.45) is 4.99 Å². The van der Waals surface area contributed by atoms with E-state index in [4.69, 9.17) is 6.42 Å². The first-order valence-corrected chi connectivity index (χ1v) is 3.05.